The second-order valence-electron chi connectivity index (χ2n) is 3.12. The molecule has 0 radical (unpaired) electrons. The summed E-state index contributed by atoms with van der Waals surface area (Å²) in [6, 6.07) is 3.30. The van der Waals surface area contributed by atoms with Crippen molar-refractivity contribution in [2.45, 2.75) is 19.5 Å². The van der Waals surface area contributed by atoms with Crippen molar-refractivity contribution in [2.75, 3.05) is 11.9 Å². The van der Waals surface area contributed by atoms with Crippen LogP contribution in [0.25, 0.3) is 0 Å². The fourth-order valence-electron chi connectivity index (χ4n) is 1.09. The van der Waals surface area contributed by atoms with Crippen molar-refractivity contribution >= 4 is 17.3 Å². The second-order valence-corrected chi connectivity index (χ2v) is 3.53. The van der Waals surface area contributed by atoms with E-state index in [1.54, 1.807) is 0 Å². The van der Waals surface area contributed by atoms with Crippen molar-refractivity contribution in [2.24, 2.45) is 0 Å². The highest BCUT2D eigenvalue weighted by atomic mass is 35.5. The highest BCUT2D eigenvalue weighted by Crippen LogP contribution is 2.33. The summed E-state index contributed by atoms with van der Waals surface area (Å²) < 4.78 is 36.8. The van der Waals surface area contributed by atoms with Crippen LogP contribution in [0.2, 0.25) is 5.02 Å². The number of hydrogen-bond donors (Lipinski definition) is 1. The van der Waals surface area contributed by atoms with Crippen LogP contribution in [0.3, 0.4) is 0 Å². The highest BCUT2D eigenvalue weighted by Gasteiger charge is 2.30. The molecule has 1 nitrogen and oxygen atoms in total. The molecule has 1 N–H and O–H groups in total. The standard InChI is InChI=1S/C10H11ClF3N/c1-2-5-15-9-4-3-7(6-8(9)11)10(12,13)14/h3-4,6,15H,2,5H2,1H3. The van der Waals surface area contributed by atoms with Crippen LogP contribution in [0, 0.1) is 0 Å². The number of hydrogen-bond acceptors (Lipinski definition) is 1. The largest absolute Gasteiger partial charge is 0.416 e. The van der Waals surface area contributed by atoms with E-state index in [1.807, 2.05) is 6.92 Å². The summed E-state index contributed by atoms with van der Waals surface area (Å²) in [5.74, 6) is 0. The molecule has 15 heavy (non-hydrogen) atoms. The molecule has 0 saturated carbocycles. The van der Waals surface area contributed by atoms with Crippen molar-refractivity contribution in [3.05, 3.63) is 28.8 Å². The van der Waals surface area contributed by atoms with Gasteiger partial charge >= 0.3 is 6.18 Å². The van der Waals surface area contributed by atoms with E-state index < -0.39 is 11.7 Å². The van der Waals surface area contributed by atoms with Crippen LogP contribution in [-0.2, 0) is 6.18 Å². The molecule has 0 aliphatic heterocycles. The summed E-state index contributed by atoms with van der Waals surface area (Å²) in [7, 11) is 0. The van der Waals surface area contributed by atoms with Crippen LogP contribution in [0.15, 0.2) is 18.2 Å². The molecule has 1 aromatic rings. The molecule has 0 spiro atoms. The Morgan fingerprint density at radius 2 is 2.00 bits per heavy atom. The minimum absolute atomic E-state index is 0.0956. The molecule has 0 saturated heterocycles. The Labute approximate surface area is 91.2 Å². The normalized spacial score (nSPS) is 11.5. The van der Waals surface area contributed by atoms with E-state index in [0.717, 1.165) is 18.6 Å². The molecule has 0 aliphatic carbocycles. The Hall–Kier alpha value is -0.900. The molecular weight excluding hydrogens is 227 g/mol. The van der Waals surface area contributed by atoms with Crippen LogP contribution in [0.5, 0.6) is 0 Å². The van der Waals surface area contributed by atoms with Gasteiger partial charge in [-0.05, 0) is 24.6 Å². The number of alkyl halides is 3. The predicted molar refractivity (Wildman–Crippen MR) is 55.2 cm³/mol. The summed E-state index contributed by atoms with van der Waals surface area (Å²) in [5.41, 5.74) is -0.193. The summed E-state index contributed by atoms with van der Waals surface area (Å²) in [6.07, 6.45) is -3.45. The fraction of sp³-hybridized carbons (Fsp3) is 0.400. The van der Waals surface area contributed by atoms with Crippen LogP contribution in [0.1, 0.15) is 18.9 Å². The Morgan fingerprint density at radius 1 is 1.33 bits per heavy atom. The van der Waals surface area contributed by atoms with Gasteiger partial charge in [0.2, 0.25) is 0 Å². The molecule has 1 aromatic carbocycles. The number of nitrogens with one attached hydrogen (secondary N) is 1. The van der Waals surface area contributed by atoms with Gasteiger partial charge in [0.25, 0.3) is 0 Å². The maximum absolute atomic E-state index is 12.3. The quantitative estimate of drug-likeness (QED) is 0.832. The van der Waals surface area contributed by atoms with Crippen LogP contribution in [-0.4, -0.2) is 6.54 Å². The van der Waals surface area contributed by atoms with Gasteiger partial charge in [0.1, 0.15) is 0 Å². The lowest BCUT2D eigenvalue weighted by Gasteiger charge is -2.10. The first-order valence-electron chi connectivity index (χ1n) is 4.55. The topological polar surface area (TPSA) is 12.0 Å². The van der Waals surface area contributed by atoms with E-state index in [0.29, 0.717) is 12.2 Å². The smallest absolute Gasteiger partial charge is 0.384 e. The zero-order valence-corrected chi connectivity index (χ0v) is 8.91. The summed E-state index contributed by atoms with van der Waals surface area (Å²) in [4.78, 5) is 0. The van der Waals surface area contributed by atoms with Crippen molar-refractivity contribution in [3.8, 4) is 0 Å². The van der Waals surface area contributed by atoms with E-state index in [4.69, 9.17) is 11.6 Å². The van der Waals surface area contributed by atoms with Gasteiger partial charge in [-0.25, -0.2) is 0 Å². The SMILES string of the molecule is CCCNc1ccc(C(F)(F)F)cc1Cl. The third-order valence-electron chi connectivity index (χ3n) is 1.86. The number of anilines is 1. The van der Waals surface area contributed by atoms with Gasteiger partial charge in [0.05, 0.1) is 16.3 Å². The molecule has 0 aromatic heterocycles. The zero-order valence-electron chi connectivity index (χ0n) is 8.16. The van der Waals surface area contributed by atoms with Gasteiger partial charge in [-0.3, -0.25) is 0 Å². The first kappa shape index (κ1) is 12.2. The third kappa shape index (κ3) is 3.30. The Kier molecular flexibility index (Phi) is 3.85. The van der Waals surface area contributed by atoms with Gasteiger partial charge in [0.15, 0.2) is 0 Å². The lowest BCUT2D eigenvalue weighted by Crippen LogP contribution is -2.06. The van der Waals surface area contributed by atoms with Crippen molar-refractivity contribution in [1.82, 2.24) is 0 Å². The van der Waals surface area contributed by atoms with E-state index in [9.17, 15) is 13.2 Å². The molecule has 5 heteroatoms. The first-order chi connectivity index (χ1) is 6.95. The third-order valence-corrected chi connectivity index (χ3v) is 2.17. The van der Waals surface area contributed by atoms with Crippen molar-refractivity contribution in [3.63, 3.8) is 0 Å². The van der Waals surface area contributed by atoms with Gasteiger partial charge in [-0.1, -0.05) is 18.5 Å². The molecular formula is C10H11ClF3N. The lowest BCUT2D eigenvalue weighted by molar-refractivity contribution is -0.137. The Morgan fingerprint density at radius 3 is 2.47 bits per heavy atom. The van der Waals surface area contributed by atoms with Crippen molar-refractivity contribution in [1.29, 1.82) is 0 Å². The minimum atomic E-state index is -4.34. The minimum Gasteiger partial charge on any atom is -0.384 e. The number of benzene rings is 1. The first-order valence-corrected chi connectivity index (χ1v) is 4.93. The fourth-order valence-corrected chi connectivity index (χ4v) is 1.34. The maximum Gasteiger partial charge on any atom is 0.416 e. The molecule has 84 valence electrons. The van der Waals surface area contributed by atoms with E-state index in [2.05, 4.69) is 5.32 Å². The molecule has 1 rings (SSSR count). The van der Waals surface area contributed by atoms with Crippen LogP contribution < -0.4 is 5.32 Å². The molecule has 0 atom stereocenters. The van der Waals surface area contributed by atoms with Gasteiger partial charge < -0.3 is 5.32 Å². The second kappa shape index (κ2) is 4.75. The molecule has 0 aliphatic rings. The zero-order chi connectivity index (χ0) is 11.5. The molecule has 0 unspecified atom stereocenters. The van der Waals surface area contributed by atoms with Crippen LogP contribution >= 0.6 is 11.6 Å². The van der Waals surface area contributed by atoms with E-state index >= 15 is 0 Å². The van der Waals surface area contributed by atoms with Gasteiger partial charge in [-0.15, -0.1) is 0 Å². The highest BCUT2D eigenvalue weighted by molar-refractivity contribution is 6.33. The summed E-state index contributed by atoms with van der Waals surface area (Å²) >= 11 is 5.71. The van der Waals surface area contributed by atoms with E-state index in [1.165, 1.54) is 6.07 Å². The van der Waals surface area contributed by atoms with Gasteiger partial charge in [0, 0.05) is 6.54 Å². The molecule has 0 heterocycles. The number of halogens is 4. The molecule has 0 fully saturated rings. The molecule has 0 bridgehead atoms. The average molecular weight is 238 g/mol. The Bertz CT molecular complexity index is 336. The lowest BCUT2D eigenvalue weighted by atomic mass is 10.2. The van der Waals surface area contributed by atoms with Gasteiger partial charge in [-0.2, -0.15) is 13.2 Å². The van der Waals surface area contributed by atoms with Crippen molar-refractivity contribution < 1.29 is 13.2 Å². The number of rotatable bonds is 3. The monoisotopic (exact) mass is 237 g/mol. The van der Waals surface area contributed by atoms with Crippen LogP contribution in [0.4, 0.5) is 18.9 Å². The summed E-state index contributed by atoms with van der Waals surface area (Å²) in [5, 5.41) is 3.04. The Balaban J connectivity index is 2.88. The average Bonchev–Trinajstić information content (AvgIpc) is 2.14. The van der Waals surface area contributed by atoms with E-state index in [-0.39, 0.29) is 5.02 Å². The maximum atomic E-state index is 12.3. The summed E-state index contributed by atoms with van der Waals surface area (Å²) in [6.45, 7) is 2.65. The molecule has 0 amide bonds. The predicted octanol–water partition coefficient (Wildman–Crippen LogP) is 4.18.